The molecule has 176 valence electrons. The van der Waals surface area contributed by atoms with Crippen LogP contribution in [-0.2, 0) is 14.3 Å². The van der Waals surface area contributed by atoms with Crippen LogP contribution >= 0.6 is 0 Å². The standard InChI is InChI=1S/C25H27N5O4/c1-33-24(32)25(23(27)31)13-5-6-17(14-25)30-22-20(21(26)28-15-29-22)16-9-11-19(12-10-16)34-18-7-3-2-4-8-18/h2-4,7-12,15,17H,5-6,13-14H2,1H3,(H2,27,31)(H3,26,28,29,30)/t17-,25-/m1/s1. The van der Waals surface area contributed by atoms with Crippen molar-refractivity contribution in [2.75, 3.05) is 18.2 Å². The van der Waals surface area contributed by atoms with Gasteiger partial charge in [0.05, 0.1) is 12.7 Å². The molecule has 9 heteroatoms. The number of nitrogen functional groups attached to an aromatic ring is 1. The third-order valence-electron chi connectivity index (χ3n) is 6.14. The summed E-state index contributed by atoms with van der Waals surface area (Å²) < 4.78 is 10.8. The van der Waals surface area contributed by atoms with Gasteiger partial charge in [0.1, 0.15) is 34.9 Å². The number of methoxy groups -OCH3 is 1. The number of nitrogens with zero attached hydrogens (tertiary/aromatic N) is 2. The van der Waals surface area contributed by atoms with Crippen LogP contribution in [0.3, 0.4) is 0 Å². The van der Waals surface area contributed by atoms with Crippen LogP contribution in [0, 0.1) is 5.41 Å². The SMILES string of the molecule is COC(=O)[C@]1(C(N)=O)CCC[C@@H](Nc2ncnc(N)c2-c2ccc(Oc3ccccc3)cc2)C1. The molecule has 1 fully saturated rings. The molecule has 0 saturated heterocycles. The van der Waals surface area contributed by atoms with Crippen LogP contribution in [0.5, 0.6) is 11.5 Å². The lowest BCUT2D eigenvalue weighted by molar-refractivity contribution is -0.160. The number of nitrogens with one attached hydrogen (secondary N) is 1. The first-order valence-electron chi connectivity index (χ1n) is 11.0. The lowest BCUT2D eigenvalue weighted by atomic mass is 9.71. The molecular weight excluding hydrogens is 434 g/mol. The van der Waals surface area contributed by atoms with Gasteiger partial charge >= 0.3 is 5.97 Å². The second-order valence-electron chi connectivity index (χ2n) is 8.30. The lowest BCUT2D eigenvalue weighted by Crippen LogP contribution is -2.50. The van der Waals surface area contributed by atoms with E-state index in [1.807, 2.05) is 54.6 Å². The molecule has 4 rings (SSSR count). The number of anilines is 2. The Labute approximate surface area is 197 Å². The summed E-state index contributed by atoms with van der Waals surface area (Å²) >= 11 is 0. The minimum absolute atomic E-state index is 0.211. The summed E-state index contributed by atoms with van der Waals surface area (Å²) in [5.74, 6) is 0.946. The third kappa shape index (κ3) is 4.63. The highest BCUT2D eigenvalue weighted by Gasteiger charge is 2.49. The first-order valence-corrected chi connectivity index (χ1v) is 11.0. The second kappa shape index (κ2) is 9.78. The predicted molar refractivity (Wildman–Crippen MR) is 128 cm³/mol. The van der Waals surface area contributed by atoms with E-state index in [9.17, 15) is 9.59 Å². The van der Waals surface area contributed by atoms with Crippen molar-refractivity contribution < 1.29 is 19.1 Å². The number of carbonyl (C=O) groups excluding carboxylic acids is 2. The number of primary amides is 1. The number of hydrogen-bond acceptors (Lipinski definition) is 8. The van der Waals surface area contributed by atoms with Gasteiger partial charge in [0.25, 0.3) is 0 Å². The van der Waals surface area contributed by atoms with Crippen molar-refractivity contribution in [2.24, 2.45) is 11.1 Å². The molecule has 1 aliphatic carbocycles. The van der Waals surface area contributed by atoms with Crippen LogP contribution in [0.25, 0.3) is 11.1 Å². The fourth-order valence-corrected chi connectivity index (χ4v) is 4.40. The Kier molecular flexibility index (Phi) is 6.62. The molecule has 1 saturated carbocycles. The van der Waals surface area contributed by atoms with E-state index in [2.05, 4.69) is 15.3 Å². The Bertz CT molecular complexity index is 1170. The molecule has 2 aromatic carbocycles. The number of benzene rings is 2. The fraction of sp³-hybridized carbons (Fsp3) is 0.280. The van der Waals surface area contributed by atoms with Gasteiger partial charge in [-0.25, -0.2) is 9.97 Å². The van der Waals surface area contributed by atoms with E-state index < -0.39 is 17.3 Å². The largest absolute Gasteiger partial charge is 0.468 e. The van der Waals surface area contributed by atoms with E-state index in [-0.39, 0.29) is 12.5 Å². The van der Waals surface area contributed by atoms with Crippen LogP contribution in [0.1, 0.15) is 25.7 Å². The van der Waals surface area contributed by atoms with E-state index in [1.54, 1.807) is 0 Å². The summed E-state index contributed by atoms with van der Waals surface area (Å²) in [5.41, 5.74) is 11.9. The van der Waals surface area contributed by atoms with Crippen molar-refractivity contribution in [2.45, 2.75) is 31.7 Å². The molecule has 1 amide bonds. The first kappa shape index (κ1) is 23.0. The Morgan fingerprint density at radius 1 is 1.06 bits per heavy atom. The minimum Gasteiger partial charge on any atom is -0.468 e. The summed E-state index contributed by atoms with van der Waals surface area (Å²) in [6, 6.07) is 16.7. The molecule has 3 aromatic rings. The molecule has 0 unspecified atom stereocenters. The predicted octanol–water partition coefficient (Wildman–Crippen LogP) is 3.52. The average Bonchev–Trinajstić information content (AvgIpc) is 2.85. The summed E-state index contributed by atoms with van der Waals surface area (Å²) in [5, 5.41) is 3.35. The molecule has 0 radical (unpaired) electrons. The Balaban J connectivity index is 1.58. The number of hydrogen-bond donors (Lipinski definition) is 3. The molecule has 0 aliphatic heterocycles. The second-order valence-corrected chi connectivity index (χ2v) is 8.30. The van der Waals surface area contributed by atoms with Crippen LogP contribution in [-0.4, -0.2) is 35.0 Å². The highest BCUT2D eigenvalue weighted by atomic mass is 16.5. The zero-order chi connectivity index (χ0) is 24.1. The van der Waals surface area contributed by atoms with Gasteiger partial charge in [-0.3, -0.25) is 9.59 Å². The number of ether oxygens (including phenoxy) is 2. The van der Waals surface area contributed by atoms with E-state index in [0.717, 1.165) is 17.7 Å². The number of carbonyl (C=O) groups is 2. The van der Waals surface area contributed by atoms with Gasteiger partial charge in [0.2, 0.25) is 5.91 Å². The third-order valence-corrected chi connectivity index (χ3v) is 6.14. The Morgan fingerprint density at radius 3 is 2.44 bits per heavy atom. The molecule has 0 bridgehead atoms. The number of esters is 1. The van der Waals surface area contributed by atoms with Gasteiger partial charge in [-0.1, -0.05) is 30.3 Å². The highest BCUT2D eigenvalue weighted by molar-refractivity contribution is 6.02. The molecule has 34 heavy (non-hydrogen) atoms. The van der Waals surface area contributed by atoms with E-state index in [0.29, 0.717) is 35.8 Å². The van der Waals surface area contributed by atoms with Gasteiger partial charge in [0.15, 0.2) is 0 Å². The van der Waals surface area contributed by atoms with Crippen LogP contribution in [0.4, 0.5) is 11.6 Å². The number of nitrogens with two attached hydrogens (primary N) is 2. The zero-order valence-corrected chi connectivity index (χ0v) is 18.9. The van der Waals surface area contributed by atoms with Gasteiger partial charge in [0, 0.05) is 6.04 Å². The number of rotatable bonds is 7. The van der Waals surface area contributed by atoms with Gasteiger partial charge in [-0.2, -0.15) is 0 Å². The normalized spacial score (nSPS) is 19.7. The number of para-hydroxylation sites is 1. The maximum atomic E-state index is 12.4. The van der Waals surface area contributed by atoms with Crippen LogP contribution in [0.15, 0.2) is 60.9 Å². The highest BCUT2D eigenvalue weighted by Crippen LogP contribution is 2.40. The van der Waals surface area contributed by atoms with Gasteiger partial charge in [-0.05, 0) is 55.5 Å². The monoisotopic (exact) mass is 461 g/mol. The fourth-order valence-electron chi connectivity index (χ4n) is 4.40. The molecule has 9 nitrogen and oxygen atoms in total. The molecule has 1 aliphatic rings. The minimum atomic E-state index is -1.36. The van der Waals surface area contributed by atoms with Crippen LogP contribution in [0.2, 0.25) is 0 Å². The van der Waals surface area contributed by atoms with Crippen molar-refractivity contribution in [3.63, 3.8) is 0 Å². The zero-order valence-electron chi connectivity index (χ0n) is 18.9. The van der Waals surface area contributed by atoms with Crippen molar-refractivity contribution in [3.05, 3.63) is 60.9 Å². The Morgan fingerprint density at radius 2 is 1.76 bits per heavy atom. The van der Waals surface area contributed by atoms with Gasteiger partial charge < -0.3 is 26.3 Å². The van der Waals surface area contributed by atoms with Crippen molar-refractivity contribution in [1.29, 1.82) is 0 Å². The topological polar surface area (TPSA) is 142 Å². The number of aromatic nitrogens is 2. The molecule has 2 atom stereocenters. The summed E-state index contributed by atoms with van der Waals surface area (Å²) in [6.07, 6.45) is 3.31. The molecule has 5 N–H and O–H groups in total. The Hall–Kier alpha value is -4.14. The van der Waals surface area contributed by atoms with Gasteiger partial charge in [-0.15, -0.1) is 0 Å². The van der Waals surface area contributed by atoms with Crippen molar-refractivity contribution in [1.82, 2.24) is 9.97 Å². The average molecular weight is 462 g/mol. The molecule has 1 aromatic heterocycles. The summed E-state index contributed by atoms with van der Waals surface area (Å²) in [7, 11) is 1.26. The quantitative estimate of drug-likeness (QED) is 0.358. The summed E-state index contributed by atoms with van der Waals surface area (Å²) in [4.78, 5) is 33.2. The molecular formula is C25H27N5O4. The smallest absolute Gasteiger partial charge is 0.321 e. The lowest BCUT2D eigenvalue weighted by Gasteiger charge is -2.36. The van der Waals surface area contributed by atoms with E-state index >= 15 is 0 Å². The van der Waals surface area contributed by atoms with E-state index in [1.165, 1.54) is 13.4 Å². The van der Waals surface area contributed by atoms with Crippen LogP contribution < -0.4 is 21.5 Å². The maximum absolute atomic E-state index is 12.4. The summed E-state index contributed by atoms with van der Waals surface area (Å²) in [6.45, 7) is 0. The van der Waals surface area contributed by atoms with E-state index in [4.69, 9.17) is 20.9 Å². The van der Waals surface area contributed by atoms with Crippen molar-refractivity contribution >= 4 is 23.5 Å². The maximum Gasteiger partial charge on any atom is 0.321 e. The molecule has 1 heterocycles. The number of amides is 1. The first-order chi connectivity index (χ1) is 16.4. The molecule has 0 spiro atoms. The van der Waals surface area contributed by atoms with Crippen molar-refractivity contribution in [3.8, 4) is 22.6 Å².